The smallest absolute Gasteiger partial charge is 0.286 e. The van der Waals surface area contributed by atoms with Crippen LogP contribution in [0.3, 0.4) is 0 Å². The molecule has 0 unspecified atom stereocenters. The normalized spacial score (nSPS) is 18.9. The SMILES string of the molecule is CCO[C@H]1OC(C(=O)NCc2ccccc2)=C[C@@H](c2coc3ccccc3c2=O)[C@H]1CCOCCOCCO. The van der Waals surface area contributed by atoms with Gasteiger partial charge in [-0.1, -0.05) is 42.5 Å². The molecular weight excluding hydrogens is 502 g/mol. The van der Waals surface area contributed by atoms with Crippen LogP contribution in [0.2, 0.25) is 0 Å². The Morgan fingerprint density at radius 3 is 2.51 bits per heavy atom. The molecule has 0 spiro atoms. The largest absolute Gasteiger partial charge is 0.464 e. The fourth-order valence-electron chi connectivity index (χ4n) is 4.59. The summed E-state index contributed by atoms with van der Waals surface area (Å²) in [5, 5.41) is 12.2. The molecule has 0 fully saturated rings. The highest BCUT2D eigenvalue weighted by Gasteiger charge is 2.39. The highest BCUT2D eigenvalue weighted by Crippen LogP contribution is 2.38. The van der Waals surface area contributed by atoms with Crippen molar-refractivity contribution < 1.29 is 33.3 Å². The van der Waals surface area contributed by atoms with Gasteiger partial charge >= 0.3 is 0 Å². The fourth-order valence-corrected chi connectivity index (χ4v) is 4.59. The van der Waals surface area contributed by atoms with Crippen LogP contribution in [0.4, 0.5) is 0 Å². The number of carbonyl (C=O) groups is 1. The van der Waals surface area contributed by atoms with Crippen molar-refractivity contribution in [2.45, 2.75) is 32.1 Å². The first-order chi connectivity index (χ1) is 19.1. The maximum absolute atomic E-state index is 13.6. The molecule has 39 heavy (non-hydrogen) atoms. The van der Waals surface area contributed by atoms with Crippen molar-refractivity contribution in [3.05, 3.63) is 94.0 Å². The van der Waals surface area contributed by atoms with Gasteiger partial charge in [0, 0.05) is 37.2 Å². The van der Waals surface area contributed by atoms with E-state index >= 15 is 0 Å². The molecule has 0 saturated carbocycles. The van der Waals surface area contributed by atoms with E-state index in [9.17, 15) is 9.59 Å². The van der Waals surface area contributed by atoms with Gasteiger partial charge < -0.3 is 33.8 Å². The lowest BCUT2D eigenvalue weighted by Gasteiger charge is -2.36. The summed E-state index contributed by atoms with van der Waals surface area (Å²) in [6.45, 7) is 3.83. The van der Waals surface area contributed by atoms with Crippen molar-refractivity contribution in [1.29, 1.82) is 0 Å². The van der Waals surface area contributed by atoms with Gasteiger partial charge in [0.1, 0.15) is 5.58 Å². The van der Waals surface area contributed by atoms with Gasteiger partial charge in [-0.25, -0.2) is 0 Å². The number of para-hydroxylation sites is 1. The van der Waals surface area contributed by atoms with Crippen LogP contribution >= 0.6 is 0 Å². The number of hydrogen-bond donors (Lipinski definition) is 2. The first-order valence-corrected chi connectivity index (χ1v) is 13.2. The van der Waals surface area contributed by atoms with Crippen molar-refractivity contribution in [2.75, 3.05) is 39.6 Å². The van der Waals surface area contributed by atoms with E-state index in [1.165, 1.54) is 6.26 Å². The van der Waals surface area contributed by atoms with Crippen molar-refractivity contribution in [3.8, 4) is 0 Å². The first kappa shape index (κ1) is 28.5. The van der Waals surface area contributed by atoms with Crippen molar-refractivity contribution >= 4 is 16.9 Å². The predicted molar refractivity (Wildman–Crippen MR) is 145 cm³/mol. The minimum atomic E-state index is -0.775. The second-order valence-corrected chi connectivity index (χ2v) is 9.08. The van der Waals surface area contributed by atoms with Crippen LogP contribution in [-0.2, 0) is 30.3 Å². The summed E-state index contributed by atoms with van der Waals surface area (Å²) in [6, 6.07) is 16.6. The van der Waals surface area contributed by atoms with Crippen LogP contribution in [0.1, 0.15) is 30.4 Å². The molecule has 1 aliphatic heterocycles. The second kappa shape index (κ2) is 14.6. The van der Waals surface area contributed by atoms with E-state index in [-0.39, 0.29) is 30.3 Å². The zero-order valence-electron chi connectivity index (χ0n) is 22.0. The van der Waals surface area contributed by atoms with E-state index in [1.807, 2.05) is 43.3 Å². The van der Waals surface area contributed by atoms with E-state index in [2.05, 4.69) is 5.32 Å². The van der Waals surface area contributed by atoms with Gasteiger partial charge in [-0.3, -0.25) is 9.59 Å². The molecule has 9 nitrogen and oxygen atoms in total. The molecule has 2 aromatic carbocycles. The highest BCUT2D eigenvalue weighted by molar-refractivity contribution is 5.91. The Balaban J connectivity index is 1.60. The third-order valence-corrected chi connectivity index (χ3v) is 6.50. The number of allylic oxidation sites excluding steroid dienone is 1. The minimum Gasteiger partial charge on any atom is -0.464 e. The molecule has 2 heterocycles. The van der Waals surface area contributed by atoms with Gasteiger partial charge in [0.2, 0.25) is 6.29 Å². The first-order valence-electron chi connectivity index (χ1n) is 13.2. The van der Waals surface area contributed by atoms with Crippen LogP contribution in [0.15, 0.2) is 81.9 Å². The summed E-state index contributed by atoms with van der Waals surface area (Å²) in [5.41, 5.74) is 1.70. The molecule has 0 radical (unpaired) electrons. The van der Waals surface area contributed by atoms with Gasteiger partial charge in [-0.15, -0.1) is 0 Å². The number of ether oxygens (including phenoxy) is 4. The van der Waals surface area contributed by atoms with Crippen LogP contribution < -0.4 is 10.7 Å². The Morgan fingerprint density at radius 1 is 1.00 bits per heavy atom. The van der Waals surface area contributed by atoms with Gasteiger partial charge in [-0.05, 0) is 37.1 Å². The molecule has 0 bridgehead atoms. The molecule has 208 valence electrons. The Morgan fingerprint density at radius 2 is 1.74 bits per heavy atom. The van der Waals surface area contributed by atoms with Crippen molar-refractivity contribution in [1.82, 2.24) is 5.32 Å². The van der Waals surface area contributed by atoms with E-state index in [0.717, 1.165) is 5.56 Å². The van der Waals surface area contributed by atoms with Gasteiger partial charge in [-0.2, -0.15) is 0 Å². The Hall–Kier alpha value is -3.50. The molecule has 0 saturated heterocycles. The van der Waals surface area contributed by atoms with E-state index in [0.29, 0.717) is 55.9 Å². The molecule has 2 N–H and O–H groups in total. The number of rotatable bonds is 14. The molecule has 3 aromatic rings. The average molecular weight is 538 g/mol. The number of nitrogens with one attached hydrogen (secondary N) is 1. The lowest BCUT2D eigenvalue weighted by Crippen LogP contribution is -2.40. The summed E-state index contributed by atoms with van der Waals surface area (Å²) in [5.74, 6) is -1.13. The molecule has 4 rings (SSSR count). The maximum atomic E-state index is 13.6. The predicted octanol–water partition coefficient (Wildman–Crippen LogP) is 3.50. The number of carbonyl (C=O) groups excluding carboxylic acids is 1. The maximum Gasteiger partial charge on any atom is 0.286 e. The molecule has 1 aromatic heterocycles. The van der Waals surface area contributed by atoms with Gasteiger partial charge in [0.25, 0.3) is 5.91 Å². The van der Waals surface area contributed by atoms with Crippen LogP contribution in [-0.4, -0.2) is 56.9 Å². The number of hydrogen-bond acceptors (Lipinski definition) is 8. The third-order valence-electron chi connectivity index (χ3n) is 6.50. The summed E-state index contributed by atoms with van der Waals surface area (Å²) < 4.78 is 28.8. The van der Waals surface area contributed by atoms with Crippen molar-refractivity contribution in [2.24, 2.45) is 5.92 Å². The Labute approximate surface area is 227 Å². The monoisotopic (exact) mass is 537 g/mol. The standard InChI is InChI=1S/C30H35NO8/c1-2-37-30-22(12-14-35-16-17-36-15-13-32)24(25-20-38-26-11-7-6-10-23(26)28(25)33)18-27(39-30)29(34)31-19-21-8-4-3-5-9-21/h3-11,18,20,22,24,30,32H,2,12-17,19H2,1H3,(H,31,34)/t22-,24-,30+/m1/s1. The third kappa shape index (κ3) is 7.54. The van der Waals surface area contributed by atoms with E-state index in [4.69, 9.17) is 28.5 Å². The molecular formula is C30H35NO8. The second-order valence-electron chi connectivity index (χ2n) is 9.08. The van der Waals surface area contributed by atoms with E-state index in [1.54, 1.807) is 24.3 Å². The Bertz CT molecular complexity index is 1290. The summed E-state index contributed by atoms with van der Waals surface area (Å²) in [6.07, 6.45) is 2.88. The minimum absolute atomic E-state index is 0.0426. The fraction of sp³-hybridized carbons (Fsp3) is 0.400. The molecule has 0 aliphatic carbocycles. The van der Waals surface area contributed by atoms with E-state index < -0.39 is 18.1 Å². The average Bonchev–Trinajstić information content (AvgIpc) is 2.97. The zero-order chi connectivity index (χ0) is 27.5. The van der Waals surface area contributed by atoms with Gasteiger partial charge in [0.15, 0.2) is 11.2 Å². The molecule has 1 aliphatic rings. The number of aliphatic hydroxyl groups excluding tert-OH is 1. The molecule has 9 heteroatoms. The topological polar surface area (TPSA) is 116 Å². The van der Waals surface area contributed by atoms with Crippen LogP contribution in [0.5, 0.6) is 0 Å². The number of amides is 1. The summed E-state index contributed by atoms with van der Waals surface area (Å²) in [4.78, 5) is 26.7. The zero-order valence-corrected chi connectivity index (χ0v) is 22.0. The van der Waals surface area contributed by atoms with Gasteiger partial charge in [0.05, 0.1) is 38.1 Å². The van der Waals surface area contributed by atoms with Crippen LogP contribution in [0.25, 0.3) is 11.0 Å². The van der Waals surface area contributed by atoms with Crippen molar-refractivity contribution in [3.63, 3.8) is 0 Å². The lowest BCUT2D eigenvalue weighted by molar-refractivity contribution is -0.168. The number of fused-ring (bicyclic) bond motifs is 1. The number of aliphatic hydroxyl groups is 1. The lowest BCUT2D eigenvalue weighted by atomic mass is 9.81. The summed E-state index contributed by atoms with van der Waals surface area (Å²) in [7, 11) is 0. The Kier molecular flexibility index (Phi) is 10.7. The molecule has 1 amide bonds. The number of benzene rings is 2. The highest BCUT2D eigenvalue weighted by atomic mass is 16.7. The van der Waals surface area contributed by atoms with Crippen LogP contribution in [0, 0.1) is 5.92 Å². The quantitative estimate of drug-likeness (QED) is 0.300. The summed E-state index contributed by atoms with van der Waals surface area (Å²) >= 11 is 0. The molecule has 3 atom stereocenters.